The first-order valence-electron chi connectivity index (χ1n) is 3.43. The minimum absolute atomic E-state index is 0.603. The van der Waals surface area contributed by atoms with E-state index < -0.39 is 0 Å². The molecule has 0 radical (unpaired) electrons. The summed E-state index contributed by atoms with van der Waals surface area (Å²) in [6.45, 7) is 2.53. The zero-order chi connectivity index (χ0) is 9.14. The third kappa shape index (κ3) is 2.15. The van der Waals surface area contributed by atoms with Gasteiger partial charge < -0.3 is 4.74 Å². The monoisotopic (exact) mass is 312 g/mol. The molecule has 1 rings (SSSR count). The standard InChI is InChI=1S/C8H7Br2ClO/c1-2-12-8-6(10)4-3-5(9)7(8)11/h3-4H,2H2,1H3. The van der Waals surface area contributed by atoms with Gasteiger partial charge in [0.2, 0.25) is 0 Å². The fourth-order valence-corrected chi connectivity index (χ4v) is 1.88. The lowest BCUT2D eigenvalue weighted by Gasteiger charge is -2.08. The molecule has 0 saturated heterocycles. The zero-order valence-corrected chi connectivity index (χ0v) is 10.3. The zero-order valence-electron chi connectivity index (χ0n) is 6.40. The van der Waals surface area contributed by atoms with E-state index in [0.717, 1.165) is 8.95 Å². The summed E-state index contributed by atoms with van der Waals surface area (Å²) in [5.74, 6) is 0.688. The van der Waals surface area contributed by atoms with Crippen molar-refractivity contribution in [2.45, 2.75) is 6.92 Å². The molecule has 1 aromatic carbocycles. The van der Waals surface area contributed by atoms with Crippen molar-refractivity contribution >= 4 is 43.5 Å². The molecule has 0 aromatic heterocycles. The maximum absolute atomic E-state index is 5.98. The third-order valence-electron chi connectivity index (χ3n) is 1.29. The van der Waals surface area contributed by atoms with E-state index in [0.29, 0.717) is 17.4 Å². The highest BCUT2D eigenvalue weighted by Gasteiger charge is 2.08. The van der Waals surface area contributed by atoms with Crippen molar-refractivity contribution in [3.05, 3.63) is 26.1 Å². The highest BCUT2D eigenvalue weighted by atomic mass is 79.9. The average Bonchev–Trinajstić information content (AvgIpc) is 2.06. The van der Waals surface area contributed by atoms with E-state index in [9.17, 15) is 0 Å². The molecule has 4 heteroatoms. The Morgan fingerprint density at radius 1 is 1.33 bits per heavy atom. The highest BCUT2D eigenvalue weighted by molar-refractivity contribution is 9.11. The third-order valence-corrected chi connectivity index (χ3v) is 3.18. The van der Waals surface area contributed by atoms with Crippen molar-refractivity contribution in [3.8, 4) is 5.75 Å². The maximum Gasteiger partial charge on any atom is 0.153 e. The van der Waals surface area contributed by atoms with Crippen molar-refractivity contribution in [2.24, 2.45) is 0 Å². The van der Waals surface area contributed by atoms with Crippen LogP contribution in [0.1, 0.15) is 6.92 Å². The topological polar surface area (TPSA) is 9.23 Å². The van der Waals surface area contributed by atoms with E-state index >= 15 is 0 Å². The lowest BCUT2D eigenvalue weighted by atomic mass is 10.3. The van der Waals surface area contributed by atoms with Gasteiger partial charge in [-0.25, -0.2) is 0 Å². The fraction of sp³-hybridized carbons (Fsp3) is 0.250. The van der Waals surface area contributed by atoms with Crippen LogP contribution in [0.2, 0.25) is 5.02 Å². The van der Waals surface area contributed by atoms with Crippen LogP contribution in [0.4, 0.5) is 0 Å². The van der Waals surface area contributed by atoms with Crippen LogP contribution < -0.4 is 4.74 Å². The predicted molar refractivity (Wildman–Crippen MR) is 58.0 cm³/mol. The Labute approximate surface area is 93.3 Å². The molecule has 66 valence electrons. The molecule has 0 heterocycles. The molecule has 0 bridgehead atoms. The van der Waals surface area contributed by atoms with Crippen LogP contribution in [0.3, 0.4) is 0 Å². The van der Waals surface area contributed by atoms with Crippen LogP contribution in [0.5, 0.6) is 5.75 Å². The van der Waals surface area contributed by atoms with Gasteiger partial charge >= 0.3 is 0 Å². The number of rotatable bonds is 2. The minimum atomic E-state index is 0.603. The van der Waals surface area contributed by atoms with Crippen molar-refractivity contribution < 1.29 is 4.74 Å². The van der Waals surface area contributed by atoms with Crippen molar-refractivity contribution in [2.75, 3.05) is 6.61 Å². The molecule has 12 heavy (non-hydrogen) atoms. The Hall–Kier alpha value is 0.270. The van der Waals surface area contributed by atoms with Crippen molar-refractivity contribution in [1.29, 1.82) is 0 Å². The number of halogens is 3. The van der Waals surface area contributed by atoms with Crippen LogP contribution in [-0.2, 0) is 0 Å². The highest BCUT2D eigenvalue weighted by Crippen LogP contribution is 2.38. The van der Waals surface area contributed by atoms with Gasteiger partial charge in [-0.2, -0.15) is 0 Å². The second-order valence-electron chi connectivity index (χ2n) is 2.11. The van der Waals surface area contributed by atoms with E-state index in [-0.39, 0.29) is 0 Å². The summed E-state index contributed by atoms with van der Waals surface area (Å²) in [4.78, 5) is 0. The normalized spacial score (nSPS) is 10.0. The molecule has 0 aliphatic rings. The van der Waals surface area contributed by atoms with Gasteiger partial charge in [-0.3, -0.25) is 0 Å². The van der Waals surface area contributed by atoms with E-state index in [2.05, 4.69) is 31.9 Å². The molecule has 0 saturated carbocycles. The Balaban J connectivity index is 3.14. The molecule has 0 unspecified atom stereocenters. The first-order chi connectivity index (χ1) is 5.66. The molecule has 0 aliphatic heterocycles. The van der Waals surface area contributed by atoms with Crippen LogP contribution in [0.15, 0.2) is 21.1 Å². The second kappa shape index (κ2) is 4.49. The fourth-order valence-electron chi connectivity index (χ4n) is 0.785. The largest absolute Gasteiger partial charge is 0.491 e. The van der Waals surface area contributed by atoms with Gasteiger partial charge in [-0.1, -0.05) is 11.6 Å². The van der Waals surface area contributed by atoms with Crippen molar-refractivity contribution in [3.63, 3.8) is 0 Å². The summed E-state index contributed by atoms with van der Waals surface area (Å²) in [6, 6.07) is 3.76. The summed E-state index contributed by atoms with van der Waals surface area (Å²) < 4.78 is 7.06. The van der Waals surface area contributed by atoms with Gasteiger partial charge in [0.15, 0.2) is 5.75 Å². The van der Waals surface area contributed by atoms with Crippen LogP contribution in [-0.4, -0.2) is 6.61 Å². The number of ether oxygens (including phenoxy) is 1. The number of benzene rings is 1. The number of hydrogen-bond donors (Lipinski definition) is 0. The number of hydrogen-bond acceptors (Lipinski definition) is 1. The Kier molecular flexibility index (Phi) is 3.87. The quantitative estimate of drug-likeness (QED) is 0.741. The van der Waals surface area contributed by atoms with Gasteiger partial charge in [0.25, 0.3) is 0 Å². The second-order valence-corrected chi connectivity index (χ2v) is 4.19. The first-order valence-corrected chi connectivity index (χ1v) is 5.39. The molecule has 0 amide bonds. The summed E-state index contributed by atoms with van der Waals surface area (Å²) in [7, 11) is 0. The first kappa shape index (κ1) is 10.4. The SMILES string of the molecule is CCOc1c(Br)ccc(Br)c1Cl. The van der Waals surface area contributed by atoms with Crippen LogP contribution in [0.25, 0.3) is 0 Å². The molecular formula is C8H7Br2ClO. The maximum atomic E-state index is 5.98. The van der Waals surface area contributed by atoms with E-state index in [1.807, 2.05) is 19.1 Å². The van der Waals surface area contributed by atoms with Crippen molar-refractivity contribution in [1.82, 2.24) is 0 Å². The molecule has 0 aliphatic carbocycles. The van der Waals surface area contributed by atoms with Gasteiger partial charge in [0.05, 0.1) is 16.1 Å². The summed E-state index contributed by atoms with van der Waals surface area (Å²) >= 11 is 12.6. The molecular weight excluding hydrogens is 307 g/mol. The van der Waals surface area contributed by atoms with E-state index in [1.165, 1.54) is 0 Å². The van der Waals surface area contributed by atoms with E-state index in [4.69, 9.17) is 16.3 Å². The molecule has 1 aromatic rings. The Morgan fingerprint density at radius 3 is 2.50 bits per heavy atom. The predicted octanol–water partition coefficient (Wildman–Crippen LogP) is 4.26. The van der Waals surface area contributed by atoms with E-state index in [1.54, 1.807) is 0 Å². The summed E-state index contributed by atoms with van der Waals surface area (Å²) in [5, 5.41) is 0.603. The molecule has 0 fully saturated rings. The Morgan fingerprint density at radius 2 is 1.92 bits per heavy atom. The molecule has 1 nitrogen and oxygen atoms in total. The average molecular weight is 314 g/mol. The molecule has 0 spiro atoms. The Bertz CT molecular complexity index is 289. The van der Waals surface area contributed by atoms with Crippen LogP contribution in [0, 0.1) is 0 Å². The lowest BCUT2D eigenvalue weighted by molar-refractivity contribution is 0.338. The van der Waals surface area contributed by atoms with Gasteiger partial charge in [-0.15, -0.1) is 0 Å². The van der Waals surface area contributed by atoms with Crippen LogP contribution >= 0.6 is 43.5 Å². The lowest BCUT2D eigenvalue weighted by Crippen LogP contribution is -1.93. The van der Waals surface area contributed by atoms with Gasteiger partial charge in [0, 0.05) is 4.47 Å². The summed E-state index contributed by atoms with van der Waals surface area (Å²) in [6.07, 6.45) is 0. The molecule has 0 N–H and O–H groups in total. The minimum Gasteiger partial charge on any atom is -0.491 e. The van der Waals surface area contributed by atoms with Gasteiger partial charge in [0.1, 0.15) is 0 Å². The smallest absolute Gasteiger partial charge is 0.153 e. The van der Waals surface area contributed by atoms with Gasteiger partial charge in [-0.05, 0) is 50.9 Å². The summed E-state index contributed by atoms with van der Waals surface area (Å²) in [5.41, 5.74) is 0. The molecule has 0 atom stereocenters.